The van der Waals surface area contributed by atoms with E-state index in [1.165, 1.54) is 19.3 Å². The Balaban J connectivity index is 1.48. The van der Waals surface area contributed by atoms with Gasteiger partial charge in [-0.15, -0.1) is 0 Å². The SMILES string of the molecule is O=C(CCC1CCCNC1)N1CCOC2CCCC21. The van der Waals surface area contributed by atoms with Crippen LogP contribution < -0.4 is 5.32 Å². The van der Waals surface area contributed by atoms with Gasteiger partial charge >= 0.3 is 0 Å². The number of rotatable bonds is 3. The Bertz CT molecular complexity index is 315. The predicted molar refractivity (Wildman–Crippen MR) is 73.9 cm³/mol. The van der Waals surface area contributed by atoms with Crippen molar-refractivity contribution in [3.05, 3.63) is 0 Å². The first-order valence-corrected chi connectivity index (χ1v) is 7.96. The summed E-state index contributed by atoms with van der Waals surface area (Å²) in [5.74, 6) is 1.07. The van der Waals surface area contributed by atoms with E-state index < -0.39 is 0 Å². The van der Waals surface area contributed by atoms with Crippen LogP contribution in [0.2, 0.25) is 0 Å². The lowest BCUT2D eigenvalue weighted by Gasteiger charge is -2.38. The van der Waals surface area contributed by atoms with Gasteiger partial charge in [-0.1, -0.05) is 0 Å². The summed E-state index contributed by atoms with van der Waals surface area (Å²) in [5.41, 5.74) is 0. The second-order valence-electron chi connectivity index (χ2n) is 6.25. The molecule has 0 aromatic carbocycles. The van der Waals surface area contributed by atoms with Crippen LogP contribution in [0.1, 0.15) is 44.9 Å². The van der Waals surface area contributed by atoms with E-state index >= 15 is 0 Å². The van der Waals surface area contributed by atoms with E-state index in [-0.39, 0.29) is 0 Å². The minimum absolute atomic E-state index is 0.328. The van der Waals surface area contributed by atoms with Crippen molar-refractivity contribution in [1.29, 1.82) is 0 Å². The minimum Gasteiger partial charge on any atom is -0.374 e. The van der Waals surface area contributed by atoms with Crippen LogP contribution in [-0.4, -0.2) is 49.2 Å². The number of amides is 1. The number of fused-ring (bicyclic) bond motifs is 1. The van der Waals surface area contributed by atoms with Gasteiger partial charge in [0.05, 0.1) is 18.8 Å². The summed E-state index contributed by atoms with van der Waals surface area (Å²) in [6.45, 7) is 3.79. The molecular formula is C15H26N2O2. The molecule has 4 nitrogen and oxygen atoms in total. The van der Waals surface area contributed by atoms with Gasteiger partial charge in [0.25, 0.3) is 0 Å². The molecule has 3 rings (SSSR count). The third-order valence-corrected chi connectivity index (χ3v) is 4.97. The van der Waals surface area contributed by atoms with Gasteiger partial charge in [0.2, 0.25) is 5.91 Å². The Hall–Kier alpha value is -0.610. The lowest BCUT2D eigenvalue weighted by Crippen LogP contribution is -2.51. The Labute approximate surface area is 115 Å². The Kier molecular flexibility index (Phi) is 4.38. The standard InChI is InChI=1S/C15H26N2O2/c18-15(7-6-12-3-2-8-16-11-12)17-9-10-19-14-5-1-4-13(14)17/h12-14,16H,1-11H2. The maximum absolute atomic E-state index is 12.4. The van der Waals surface area contributed by atoms with E-state index in [9.17, 15) is 4.79 Å². The summed E-state index contributed by atoms with van der Waals surface area (Å²) in [4.78, 5) is 14.6. The van der Waals surface area contributed by atoms with E-state index in [1.807, 2.05) is 0 Å². The molecule has 3 atom stereocenters. The summed E-state index contributed by atoms with van der Waals surface area (Å²) >= 11 is 0. The molecule has 0 spiro atoms. The number of nitrogens with one attached hydrogen (secondary N) is 1. The summed E-state index contributed by atoms with van der Waals surface area (Å²) < 4.78 is 5.77. The second kappa shape index (κ2) is 6.23. The van der Waals surface area contributed by atoms with Crippen molar-refractivity contribution in [2.75, 3.05) is 26.2 Å². The normalized spacial score (nSPS) is 35.2. The van der Waals surface area contributed by atoms with Crippen LogP contribution in [0.4, 0.5) is 0 Å². The van der Waals surface area contributed by atoms with Crippen molar-refractivity contribution in [1.82, 2.24) is 10.2 Å². The highest BCUT2D eigenvalue weighted by Crippen LogP contribution is 2.30. The number of hydrogen-bond donors (Lipinski definition) is 1. The largest absolute Gasteiger partial charge is 0.374 e. The highest BCUT2D eigenvalue weighted by atomic mass is 16.5. The number of hydrogen-bond acceptors (Lipinski definition) is 3. The van der Waals surface area contributed by atoms with Gasteiger partial charge in [-0.05, 0) is 57.5 Å². The Morgan fingerprint density at radius 3 is 3.05 bits per heavy atom. The van der Waals surface area contributed by atoms with Crippen LogP contribution in [0.3, 0.4) is 0 Å². The Morgan fingerprint density at radius 1 is 1.26 bits per heavy atom. The third kappa shape index (κ3) is 3.11. The summed E-state index contributed by atoms with van der Waals surface area (Å²) in [7, 11) is 0. The highest BCUT2D eigenvalue weighted by molar-refractivity contribution is 5.76. The third-order valence-electron chi connectivity index (χ3n) is 4.97. The lowest BCUT2D eigenvalue weighted by molar-refractivity contribution is -0.144. The van der Waals surface area contributed by atoms with Crippen molar-refractivity contribution in [2.45, 2.75) is 57.1 Å². The summed E-state index contributed by atoms with van der Waals surface area (Å²) in [6, 6.07) is 0.380. The molecule has 3 fully saturated rings. The van der Waals surface area contributed by atoms with E-state index in [0.29, 0.717) is 24.0 Å². The zero-order valence-corrected chi connectivity index (χ0v) is 11.8. The number of piperidine rings is 1. The van der Waals surface area contributed by atoms with Crippen LogP contribution in [0, 0.1) is 5.92 Å². The molecule has 3 aliphatic rings. The molecule has 0 aromatic heterocycles. The quantitative estimate of drug-likeness (QED) is 0.842. The molecular weight excluding hydrogens is 240 g/mol. The van der Waals surface area contributed by atoms with Crippen molar-refractivity contribution >= 4 is 5.91 Å². The summed E-state index contributed by atoms with van der Waals surface area (Å²) in [6.07, 6.45) is 8.16. The van der Waals surface area contributed by atoms with Crippen LogP contribution in [0.5, 0.6) is 0 Å². The van der Waals surface area contributed by atoms with E-state index in [2.05, 4.69) is 10.2 Å². The van der Waals surface area contributed by atoms with Gasteiger partial charge in [0, 0.05) is 13.0 Å². The Morgan fingerprint density at radius 2 is 2.21 bits per heavy atom. The molecule has 1 N–H and O–H groups in total. The smallest absolute Gasteiger partial charge is 0.222 e. The first-order valence-electron chi connectivity index (χ1n) is 7.96. The molecule has 0 radical (unpaired) electrons. The van der Waals surface area contributed by atoms with Gasteiger partial charge in [-0.3, -0.25) is 4.79 Å². The molecule has 1 amide bonds. The first kappa shape index (κ1) is 13.4. The molecule has 0 aromatic rings. The molecule has 2 saturated heterocycles. The first-order chi connectivity index (χ1) is 9.34. The lowest BCUT2D eigenvalue weighted by atomic mass is 9.94. The number of morpholine rings is 1. The van der Waals surface area contributed by atoms with Crippen molar-refractivity contribution < 1.29 is 9.53 Å². The average Bonchev–Trinajstić information content (AvgIpc) is 2.94. The van der Waals surface area contributed by atoms with Gasteiger partial charge in [-0.25, -0.2) is 0 Å². The summed E-state index contributed by atoms with van der Waals surface area (Å²) in [5, 5.41) is 3.43. The van der Waals surface area contributed by atoms with Crippen molar-refractivity contribution in [3.8, 4) is 0 Å². The number of ether oxygens (including phenoxy) is 1. The zero-order chi connectivity index (χ0) is 13.1. The van der Waals surface area contributed by atoms with E-state index in [1.54, 1.807) is 0 Å². The molecule has 108 valence electrons. The number of carbonyl (C=O) groups is 1. The number of carbonyl (C=O) groups excluding carboxylic acids is 1. The van der Waals surface area contributed by atoms with Crippen molar-refractivity contribution in [2.24, 2.45) is 5.92 Å². The average molecular weight is 266 g/mol. The van der Waals surface area contributed by atoms with E-state index in [0.717, 1.165) is 51.9 Å². The maximum Gasteiger partial charge on any atom is 0.222 e. The maximum atomic E-state index is 12.4. The monoisotopic (exact) mass is 266 g/mol. The highest BCUT2D eigenvalue weighted by Gasteiger charge is 2.38. The molecule has 4 heteroatoms. The molecule has 2 heterocycles. The topological polar surface area (TPSA) is 41.6 Å². The fourth-order valence-electron chi connectivity index (χ4n) is 3.88. The van der Waals surface area contributed by atoms with Gasteiger partial charge in [0.1, 0.15) is 0 Å². The fraction of sp³-hybridized carbons (Fsp3) is 0.933. The molecule has 19 heavy (non-hydrogen) atoms. The molecule has 3 unspecified atom stereocenters. The molecule has 1 aliphatic carbocycles. The minimum atomic E-state index is 0.328. The van der Waals surface area contributed by atoms with Crippen LogP contribution in [0.15, 0.2) is 0 Å². The van der Waals surface area contributed by atoms with Crippen LogP contribution >= 0.6 is 0 Å². The zero-order valence-electron chi connectivity index (χ0n) is 11.8. The van der Waals surface area contributed by atoms with Gasteiger partial charge in [-0.2, -0.15) is 0 Å². The predicted octanol–water partition coefficient (Wildman–Crippen LogP) is 1.55. The van der Waals surface area contributed by atoms with Crippen LogP contribution in [0.25, 0.3) is 0 Å². The van der Waals surface area contributed by atoms with Crippen LogP contribution in [-0.2, 0) is 9.53 Å². The second-order valence-corrected chi connectivity index (χ2v) is 6.25. The van der Waals surface area contributed by atoms with Gasteiger partial charge < -0.3 is 15.0 Å². The fourth-order valence-corrected chi connectivity index (χ4v) is 3.88. The van der Waals surface area contributed by atoms with Crippen molar-refractivity contribution in [3.63, 3.8) is 0 Å². The van der Waals surface area contributed by atoms with Gasteiger partial charge in [0.15, 0.2) is 0 Å². The number of nitrogens with zero attached hydrogens (tertiary/aromatic N) is 1. The molecule has 1 saturated carbocycles. The molecule has 2 aliphatic heterocycles. The van der Waals surface area contributed by atoms with E-state index in [4.69, 9.17) is 4.74 Å². The molecule has 0 bridgehead atoms.